The zero-order valence-corrected chi connectivity index (χ0v) is 22.9. The Hall–Kier alpha value is -2.75. The number of hydrogen-bond acceptors (Lipinski definition) is 2. The van der Waals surface area contributed by atoms with E-state index in [9.17, 15) is 5.11 Å². The quantitative estimate of drug-likeness (QED) is 0.349. The fourth-order valence-corrected chi connectivity index (χ4v) is 9.54. The lowest BCUT2D eigenvalue weighted by atomic mass is 9.47. The Morgan fingerprint density at radius 3 is 2.46 bits per heavy atom. The summed E-state index contributed by atoms with van der Waals surface area (Å²) in [7, 11) is 1.79. The first-order chi connectivity index (χ1) is 17.5. The Kier molecular flexibility index (Phi) is 3.77. The van der Waals surface area contributed by atoms with Crippen LogP contribution in [0.4, 0.5) is 0 Å². The van der Waals surface area contributed by atoms with Gasteiger partial charge in [0.05, 0.1) is 22.5 Å². The number of fused-ring (bicyclic) bond motifs is 8. The summed E-state index contributed by atoms with van der Waals surface area (Å²) in [6.07, 6.45) is 2.90. The molecule has 0 amide bonds. The van der Waals surface area contributed by atoms with Gasteiger partial charge in [-0.2, -0.15) is 4.57 Å². The van der Waals surface area contributed by atoms with Crippen LogP contribution >= 0.6 is 0 Å². The second-order valence-corrected chi connectivity index (χ2v) is 13.5. The lowest BCUT2D eigenvalue weighted by Crippen LogP contribution is -2.82. The van der Waals surface area contributed by atoms with Gasteiger partial charge in [-0.1, -0.05) is 64.1 Å². The number of hydrogen-bond donors (Lipinski definition) is 1. The normalized spacial score (nSPS) is 33.3. The van der Waals surface area contributed by atoms with E-state index in [1.54, 1.807) is 7.11 Å². The molecule has 0 radical (unpaired) electrons. The van der Waals surface area contributed by atoms with Gasteiger partial charge in [0.1, 0.15) is 0 Å². The van der Waals surface area contributed by atoms with Crippen LogP contribution < -0.4 is 4.57 Å². The molecule has 5 unspecified atom stereocenters. The fourth-order valence-electron chi connectivity index (χ4n) is 9.54. The summed E-state index contributed by atoms with van der Waals surface area (Å²) in [5.41, 5.74) is 7.02. The van der Waals surface area contributed by atoms with Crippen LogP contribution in [-0.2, 0) is 27.5 Å². The molecule has 1 N–H and O–H groups in total. The third-order valence-corrected chi connectivity index (χ3v) is 11.2. The number of benzene rings is 3. The van der Waals surface area contributed by atoms with Crippen molar-refractivity contribution >= 4 is 21.5 Å². The van der Waals surface area contributed by atoms with Crippen LogP contribution in [-0.4, -0.2) is 23.9 Å². The third kappa shape index (κ3) is 2.04. The summed E-state index contributed by atoms with van der Waals surface area (Å²) in [5.74, 6) is 0.690. The van der Waals surface area contributed by atoms with Crippen LogP contribution in [0.1, 0.15) is 63.8 Å². The molecule has 1 aromatic heterocycles. The number of aliphatic hydroxyl groups excluding tert-OH is 1. The van der Waals surface area contributed by atoms with E-state index in [1.807, 2.05) is 0 Å². The van der Waals surface area contributed by atoms with Crippen molar-refractivity contribution in [3.8, 4) is 11.3 Å². The second-order valence-electron chi connectivity index (χ2n) is 13.5. The van der Waals surface area contributed by atoms with Crippen LogP contribution in [0.2, 0.25) is 0 Å². The minimum atomic E-state index is -0.559. The highest BCUT2D eigenvalue weighted by Gasteiger charge is 2.99. The SMILES string of the molecule is COC12C(O)C1C1(C)c3c4c(cc5ccccc35)C(C)(C)c3cc(CC(C)C)cc5cc[n+](c-4c35)C12C. The molecule has 0 saturated heterocycles. The minimum Gasteiger partial charge on any atom is -0.389 e. The Morgan fingerprint density at radius 1 is 0.973 bits per heavy atom. The molecule has 188 valence electrons. The second kappa shape index (κ2) is 6.27. The van der Waals surface area contributed by atoms with Crippen molar-refractivity contribution in [3.05, 3.63) is 77.0 Å². The number of nitrogens with zero attached hydrogens (tertiary/aromatic N) is 1. The Bertz CT molecular complexity index is 1720. The van der Waals surface area contributed by atoms with E-state index in [2.05, 4.69) is 101 Å². The molecule has 3 nitrogen and oxygen atoms in total. The van der Waals surface area contributed by atoms with E-state index >= 15 is 0 Å². The zero-order valence-electron chi connectivity index (χ0n) is 22.9. The molecule has 2 fully saturated rings. The fraction of sp³-hybridized carbons (Fsp3) is 0.441. The lowest BCUT2D eigenvalue weighted by Gasteiger charge is -2.58. The van der Waals surface area contributed by atoms with Crippen molar-refractivity contribution < 1.29 is 14.4 Å². The smallest absolute Gasteiger partial charge is 0.221 e. The van der Waals surface area contributed by atoms with Gasteiger partial charge in [-0.15, -0.1) is 0 Å². The molecular formula is C34H36NO2+. The Balaban J connectivity index is 1.61. The van der Waals surface area contributed by atoms with Crippen LogP contribution in [0.25, 0.3) is 32.8 Å². The first kappa shape index (κ1) is 22.3. The van der Waals surface area contributed by atoms with Gasteiger partial charge < -0.3 is 9.84 Å². The van der Waals surface area contributed by atoms with Gasteiger partial charge in [0.2, 0.25) is 11.2 Å². The maximum atomic E-state index is 11.5. The summed E-state index contributed by atoms with van der Waals surface area (Å²) in [5, 5.41) is 16.8. The number of rotatable bonds is 3. The van der Waals surface area contributed by atoms with Gasteiger partial charge in [-0.25, -0.2) is 0 Å². The van der Waals surface area contributed by atoms with Gasteiger partial charge in [-0.3, -0.25) is 0 Å². The molecule has 3 heteroatoms. The van der Waals surface area contributed by atoms with Gasteiger partial charge in [-0.05, 0) is 63.7 Å². The summed E-state index contributed by atoms with van der Waals surface area (Å²) < 4.78 is 8.78. The molecule has 3 aliphatic carbocycles. The molecule has 2 saturated carbocycles. The van der Waals surface area contributed by atoms with Crippen molar-refractivity contribution in [1.29, 1.82) is 0 Å². The molecule has 2 heterocycles. The molecule has 0 bridgehead atoms. The monoisotopic (exact) mass is 490 g/mol. The highest BCUT2D eigenvalue weighted by Crippen LogP contribution is 2.81. The molecule has 37 heavy (non-hydrogen) atoms. The van der Waals surface area contributed by atoms with E-state index in [4.69, 9.17) is 4.74 Å². The summed E-state index contributed by atoms with van der Waals surface area (Å²) in [6, 6.07) is 18.6. The highest BCUT2D eigenvalue weighted by atomic mass is 16.5. The van der Waals surface area contributed by atoms with Gasteiger partial charge in [0.25, 0.3) is 0 Å². The number of aromatic nitrogens is 1. The first-order valence-electron chi connectivity index (χ1n) is 13.9. The zero-order chi connectivity index (χ0) is 25.9. The van der Waals surface area contributed by atoms with Crippen LogP contribution in [0.15, 0.2) is 54.7 Å². The molecule has 8 rings (SSSR count). The predicted molar refractivity (Wildman–Crippen MR) is 148 cm³/mol. The topological polar surface area (TPSA) is 33.3 Å². The molecule has 3 aromatic carbocycles. The van der Waals surface area contributed by atoms with Crippen molar-refractivity contribution in [2.45, 2.75) is 76.0 Å². The maximum absolute atomic E-state index is 11.5. The van der Waals surface area contributed by atoms with Crippen molar-refractivity contribution in [3.63, 3.8) is 0 Å². The van der Waals surface area contributed by atoms with Crippen LogP contribution in [0, 0.1) is 11.8 Å². The van der Waals surface area contributed by atoms with Crippen LogP contribution in [0.5, 0.6) is 0 Å². The van der Waals surface area contributed by atoms with Crippen LogP contribution in [0.3, 0.4) is 0 Å². The molecule has 5 atom stereocenters. The summed E-state index contributed by atoms with van der Waals surface area (Å²) >= 11 is 0. The molecule has 0 spiro atoms. The average molecular weight is 491 g/mol. The molecule has 1 aliphatic heterocycles. The van der Waals surface area contributed by atoms with Gasteiger partial charge in [0.15, 0.2) is 11.8 Å². The van der Waals surface area contributed by atoms with Crippen molar-refractivity contribution in [2.75, 3.05) is 7.11 Å². The molecule has 4 aliphatic rings. The van der Waals surface area contributed by atoms with Gasteiger partial charge in [0, 0.05) is 31.4 Å². The third-order valence-electron chi connectivity index (χ3n) is 11.2. The van der Waals surface area contributed by atoms with Crippen molar-refractivity contribution in [1.82, 2.24) is 0 Å². The lowest BCUT2D eigenvalue weighted by molar-refractivity contribution is -0.789. The minimum absolute atomic E-state index is 0.0826. The number of aliphatic hydroxyl groups is 1. The Morgan fingerprint density at radius 2 is 1.73 bits per heavy atom. The van der Waals surface area contributed by atoms with E-state index in [0.717, 1.165) is 6.42 Å². The first-order valence-corrected chi connectivity index (χ1v) is 13.9. The van der Waals surface area contributed by atoms with E-state index in [1.165, 1.54) is 55.1 Å². The number of ether oxygens (including phenoxy) is 1. The number of pyridine rings is 1. The largest absolute Gasteiger partial charge is 0.389 e. The average Bonchev–Trinajstić information content (AvgIpc) is 3.46. The number of methoxy groups -OCH3 is 1. The van der Waals surface area contributed by atoms with E-state index in [0.29, 0.717) is 5.92 Å². The van der Waals surface area contributed by atoms with E-state index < -0.39 is 17.2 Å². The summed E-state index contributed by atoms with van der Waals surface area (Å²) in [6.45, 7) is 14.2. The summed E-state index contributed by atoms with van der Waals surface area (Å²) in [4.78, 5) is 0. The molecular weight excluding hydrogens is 454 g/mol. The maximum Gasteiger partial charge on any atom is 0.221 e. The Labute approximate surface area is 219 Å². The molecule has 4 aromatic rings. The van der Waals surface area contributed by atoms with Crippen molar-refractivity contribution in [2.24, 2.45) is 11.8 Å². The van der Waals surface area contributed by atoms with E-state index in [-0.39, 0.29) is 16.7 Å². The standard InChI is InChI=1S/C34H36NO2/c1-18(2)14-19-15-21-12-13-35-28-25(21)23(16-19)31(3,4)24-17-20-10-8-9-11-22(20)27(26(24)28)32(5)29-30(36)34(29,37-7)33(32,35)6/h8-13,15-18,29-30,36H,14H2,1-7H3/q+1. The highest BCUT2D eigenvalue weighted by molar-refractivity contribution is 6.06. The van der Waals surface area contributed by atoms with Gasteiger partial charge >= 0.3 is 0 Å². The predicted octanol–water partition coefficient (Wildman–Crippen LogP) is 6.16.